The average molecular weight is 373 g/mol. The van der Waals surface area contributed by atoms with Gasteiger partial charge in [0.15, 0.2) is 0 Å². The van der Waals surface area contributed by atoms with Crippen molar-refractivity contribution in [2.45, 2.75) is 11.8 Å². The first-order valence-electron chi connectivity index (χ1n) is 7.71. The fraction of sp³-hybridized carbons (Fsp3) is 0.158. The molecule has 0 bridgehead atoms. The molecule has 0 saturated carbocycles. The van der Waals surface area contributed by atoms with Crippen LogP contribution in [0.15, 0.2) is 64.9 Å². The number of ether oxygens (including phenoxy) is 1. The van der Waals surface area contributed by atoms with Crippen LogP contribution >= 0.6 is 11.3 Å². The SMILES string of the molecule is COc1ccc(S(=O)(=O)N(C)c2ccc(C)c(-c3cccs3)c2)cc1. The lowest BCUT2D eigenvalue weighted by atomic mass is 10.1. The zero-order valence-corrected chi connectivity index (χ0v) is 15.9. The second-order valence-corrected chi connectivity index (χ2v) is 8.54. The van der Waals surface area contributed by atoms with E-state index in [1.54, 1.807) is 49.8 Å². The molecular formula is C19H19NO3S2. The standard InChI is InChI=1S/C19H19NO3S2/c1-14-6-7-15(13-18(14)19-5-4-12-24-19)20(2)25(21,22)17-10-8-16(23-3)9-11-17/h4-13H,1-3H3. The minimum Gasteiger partial charge on any atom is -0.497 e. The number of thiophene rings is 1. The van der Waals surface area contributed by atoms with E-state index in [1.807, 2.05) is 42.6 Å². The normalized spacial score (nSPS) is 11.3. The summed E-state index contributed by atoms with van der Waals surface area (Å²) in [6.45, 7) is 2.02. The van der Waals surface area contributed by atoms with Gasteiger partial charge in [0.25, 0.3) is 10.0 Å². The number of aryl methyl sites for hydroxylation is 1. The summed E-state index contributed by atoms with van der Waals surface area (Å²) in [5, 5.41) is 2.01. The molecule has 0 unspecified atom stereocenters. The molecule has 0 spiro atoms. The van der Waals surface area contributed by atoms with Crippen molar-refractivity contribution in [1.82, 2.24) is 0 Å². The Morgan fingerprint density at radius 1 is 1.04 bits per heavy atom. The quantitative estimate of drug-likeness (QED) is 0.659. The second-order valence-electron chi connectivity index (χ2n) is 5.62. The van der Waals surface area contributed by atoms with Gasteiger partial charge in [0, 0.05) is 11.9 Å². The highest BCUT2D eigenvalue weighted by Gasteiger charge is 2.22. The number of methoxy groups -OCH3 is 1. The Morgan fingerprint density at radius 3 is 2.36 bits per heavy atom. The van der Waals surface area contributed by atoms with E-state index in [2.05, 4.69) is 0 Å². The second kappa shape index (κ2) is 6.90. The molecular weight excluding hydrogens is 354 g/mol. The lowest BCUT2D eigenvalue weighted by molar-refractivity contribution is 0.414. The molecule has 0 N–H and O–H groups in total. The first-order valence-corrected chi connectivity index (χ1v) is 10.0. The number of hydrogen-bond acceptors (Lipinski definition) is 4. The van der Waals surface area contributed by atoms with Gasteiger partial charge in [-0.2, -0.15) is 0 Å². The maximum Gasteiger partial charge on any atom is 0.264 e. The van der Waals surface area contributed by atoms with Gasteiger partial charge < -0.3 is 4.74 Å². The van der Waals surface area contributed by atoms with Crippen LogP contribution in [0, 0.1) is 6.92 Å². The summed E-state index contributed by atoms with van der Waals surface area (Å²) in [5.41, 5.74) is 2.79. The van der Waals surface area contributed by atoms with Crippen molar-refractivity contribution in [3.63, 3.8) is 0 Å². The van der Waals surface area contributed by atoms with Gasteiger partial charge in [-0.3, -0.25) is 4.31 Å². The Balaban J connectivity index is 1.99. The molecule has 6 heteroatoms. The van der Waals surface area contributed by atoms with Gasteiger partial charge in [0.05, 0.1) is 17.7 Å². The van der Waals surface area contributed by atoms with Crippen LogP contribution in [-0.4, -0.2) is 22.6 Å². The molecule has 2 aromatic carbocycles. The molecule has 4 nitrogen and oxygen atoms in total. The smallest absolute Gasteiger partial charge is 0.264 e. The van der Waals surface area contributed by atoms with Crippen LogP contribution in [-0.2, 0) is 10.0 Å². The van der Waals surface area contributed by atoms with E-state index >= 15 is 0 Å². The number of anilines is 1. The molecule has 0 fully saturated rings. The zero-order valence-electron chi connectivity index (χ0n) is 14.3. The maximum absolute atomic E-state index is 12.9. The molecule has 0 aliphatic rings. The van der Waals surface area contributed by atoms with Crippen LogP contribution in [0.2, 0.25) is 0 Å². The molecule has 25 heavy (non-hydrogen) atoms. The van der Waals surface area contributed by atoms with Gasteiger partial charge in [0.2, 0.25) is 0 Å². The fourth-order valence-electron chi connectivity index (χ4n) is 2.55. The zero-order chi connectivity index (χ0) is 18.0. The van der Waals surface area contributed by atoms with Gasteiger partial charge in [-0.1, -0.05) is 12.1 Å². The molecule has 0 aliphatic carbocycles. The summed E-state index contributed by atoms with van der Waals surface area (Å²) >= 11 is 1.64. The Labute approximate surface area is 152 Å². The highest BCUT2D eigenvalue weighted by molar-refractivity contribution is 7.92. The molecule has 1 heterocycles. The molecule has 1 aromatic heterocycles. The molecule has 0 amide bonds. The summed E-state index contributed by atoms with van der Waals surface area (Å²) in [4.78, 5) is 1.35. The van der Waals surface area contributed by atoms with Crippen molar-refractivity contribution in [3.8, 4) is 16.2 Å². The molecule has 0 aliphatic heterocycles. The van der Waals surface area contributed by atoms with Crippen LogP contribution in [0.4, 0.5) is 5.69 Å². The fourth-order valence-corrected chi connectivity index (χ4v) is 4.54. The van der Waals surface area contributed by atoms with Crippen molar-refractivity contribution in [2.24, 2.45) is 0 Å². The molecule has 130 valence electrons. The molecule has 0 saturated heterocycles. The van der Waals surface area contributed by atoms with Crippen LogP contribution in [0.3, 0.4) is 0 Å². The topological polar surface area (TPSA) is 46.6 Å². The van der Waals surface area contributed by atoms with E-state index in [4.69, 9.17) is 4.74 Å². The average Bonchev–Trinajstić information content (AvgIpc) is 3.16. The third kappa shape index (κ3) is 3.41. The largest absolute Gasteiger partial charge is 0.497 e. The number of sulfonamides is 1. The van der Waals surface area contributed by atoms with Crippen LogP contribution in [0.1, 0.15) is 5.56 Å². The van der Waals surface area contributed by atoms with Crippen molar-refractivity contribution in [2.75, 3.05) is 18.5 Å². The minimum absolute atomic E-state index is 0.231. The highest BCUT2D eigenvalue weighted by Crippen LogP contribution is 2.32. The van der Waals surface area contributed by atoms with Crippen molar-refractivity contribution in [1.29, 1.82) is 0 Å². The maximum atomic E-state index is 12.9. The van der Waals surface area contributed by atoms with Crippen molar-refractivity contribution >= 4 is 27.0 Å². The Kier molecular flexibility index (Phi) is 4.83. The molecule has 0 atom stereocenters. The van der Waals surface area contributed by atoms with Gasteiger partial charge in [-0.15, -0.1) is 11.3 Å². The monoisotopic (exact) mass is 373 g/mol. The lowest BCUT2D eigenvalue weighted by Crippen LogP contribution is -2.26. The number of nitrogens with zero attached hydrogens (tertiary/aromatic N) is 1. The van der Waals surface area contributed by atoms with E-state index in [0.29, 0.717) is 11.4 Å². The van der Waals surface area contributed by atoms with Crippen molar-refractivity contribution in [3.05, 3.63) is 65.5 Å². The number of benzene rings is 2. The number of hydrogen-bond donors (Lipinski definition) is 0. The minimum atomic E-state index is -3.63. The van der Waals surface area contributed by atoms with Crippen LogP contribution in [0.25, 0.3) is 10.4 Å². The lowest BCUT2D eigenvalue weighted by Gasteiger charge is -2.21. The Morgan fingerprint density at radius 2 is 1.76 bits per heavy atom. The highest BCUT2D eigenvalue weighted by atomic mass is 32.2. The van der Waals surface area contributed by atoms with E-state index in [-0.39, 0.29) is 4.90 Å². The molecule has 3 aromatic rings. The molecule has 0 radical (unpaired) electrons. The van der Waals surface area contributed by atoms with Crippen LogP contribution in [0.5, 0.6) is 5.75 Å². The third-order valence-electron chi connectivity index (χ3n) is 4.09. The van der Waals surface area contributed by atoms with Crippen LogP contribution < -0.4 is 9.04 Å². The summed E-state index contributed by atoms with van der Waals surface area (Å²) in [7, 11) is -0.513. The Hall–Kier alpha value is -2.31. The summed E-state index contributed by atoms with van der Waals surface area (Å²) in [6, 6.07) is 16.1. The van der Waals surface area contributed by atoms with E-state index in [9.17, 15) is 8.42 Å². The van der Waals surface area contributed by atoms with Gasteiger partial charge in [-0.05, 0) is 65.9 Å². The van der Waals surface area contributed by atoms with E-state index in [1.165, 1.54) is 4.31 Å². The van der Waals surface area contributed by atoms with E-state index in [0.717, 1.165) is 16.0 Å². The summed E-state index contributed by atoms with van der Waals surface area (Å²) in [6.07, 6.45) is 0. The predicted octanol–water partition coefficient (Wildman–Crippen LogP) is 4.56. The van der Waals surface area contributed by atoms with Gasteiger partial charge in [0.1, 0.15) is 5.75 Å². The summed E-state index contributed by atoms with van der Waals surface area (Å²) < 4.78 is 32.2. The third-order valence-corrected chi connectivity index (χ3v) is 6.79. The summed E-state index contributed by atoms with van der Waals surface area (Å²) in [5.74, 6) is 0.622. The predicted molar refractivity (Wildman–Crippen MR) is 103 cm³/mol. The van der Waals surface area contributed by atoms with E-state index < -0.39 is 10.0 Å². The Bertz CT molecular complexity index is 962. The first kappa shape index (κ1) is 17.5. The van der Waals surface area contributed by atoms with Crippen molar-refractivity contribution < 1.29 is 13.2 Å². The van der Waals surface area contributed by atoms with Gasteiger partial charge in [-0.25, -0.2) is 8.42 Å². The number of rotatable bonds is 5. The first-order chi connectivity index (χ1) is 11.9. The molecule has 3 rings (SSSR count). The van der Waals surface area contributed by atoms with Gasteiger partial charge >= 0.3 is 0 Å².